The Morgan fingerprint density at radius 3 is 3.06 bits per heavy atom. The molecule has 1 aromatic heterocycles. The molecule has 4 nitrogen and oxygen atoms in total. The number of hydrogen-bond donors (Lipinski definition) is 1. The molecular weight excluding hydrogens is 306 g/mol. The van der Waals surface area contributed by atoms with Gasteiger partial charge in [0.05, 0.1) is 25.9 Å². The Labute approximate surface area is 114 Å². The van der Waals surface area contributed by atoms with E-state index in [9.17, 15) is 5.11 Å². The van der Waals surface area contributed by atoms with Crippen molar-refractivity contribution in [3.8, 4) is 0 Å². The first-order valence-electron chi connectivity index (χ1n) is 5.22. The van der Waals surface area contributed by atoms with E-state index in [1.807, 2.05) is 12.1 Å². The summed E-state index contributed by atoms with van der Waals surface area (Å²) in [6.45, 7) is 1.37. The van der Waals surface area contributed by atoms with Gasteiger partial charge in [-0.1, -0.05) is 0 Å². The normalized spacial score (nSPS) is 12.6. The molecule has 1 unspecified atom stereocenters. The molecule has 0 radical (unpaired) electrons. The van der Waals surface area contributed by atoms with Crippen LogP contribution >= 0.6 is 27.7 Å². The van der Waals surface area contributed by atoms with Gasteiger partial charge in [-0.3, -0.25) is 0 Å². The third-order valence-electron chi connectivity index (χ3n) is 1.88. The van der Waals surface area contributed by atoms with E-state index in [4.69, 9.17) is 9.47 Å². The van der Waals surface area contributed by atoms with Gasteiger partial charge in [-0.25, -0.2) is 4.98 Å². The predicted octanol–water partition coefficient (Wildman–Crippen LogP) is 1.96. The highest BCUT2D eigenvalue weighted by Gasteiger charge is 2.07. The summed E-state index contributed by atoms with van der Waals surface area (Å²) in [5.41, 5.74) is 0. The van der Waals surface area contributed by atoms with E-state index in [2.05, 4.69) is 20.9 Å². The number of methoxy groups -OCH3 is 1. The third kappa shape index (κ3) is 6.38. The summed E-state index contributed by atoms with van der Waals surface area (Å²) in [7, 11) is 1.62. The topological polar surface area (TPSA) is 51.6 Å². The maximum Gasteiger partial charge on any atom is 0.110 e. The Hall–Kier alpha value is -0.140. The number of thioether (sulfide) groups is 1. The number of nitrogens with zero attached hydrogens (tertiary/aromatic N) is 1. The lowest BCUT2D eigenvalue weighted by Gasteiger charge is -2.10. The highest BCUT2D eigenvalue weighted by Crippen LogP contribution is 2.24. The molecule has 0 fully saturated rings. The number of pyridine rings is 1. The molecule has 0 spiro atoms. The molecule has 1 aromatic rings. The van der Waals surface area contributed by atoms with Crippen molar-refractivity contribution in [1.29, 1.82) is 0 Å². The van der Waals surface area contributed by atoms with Gasteiger partial charge >= 0.3 is 0 Å². The average molecular weight is 322 g/mol. The van der Waals surface area contributed by atoms with Crippen molar-refractivity contribution < 1.29 is 14.6 Å². The fourth-order valence-electron chi connectivity index (χ4n) is 1.06. The molecule has 1 rings (SSSR count). The van der Waals surface area contributed by atoms with Crippen LogP contribution in [-0.4, -0.2) is 48.9 Å². The van der Waals surface area contributed by atoms with Crippen LogP contribution in [0.1, 0.15) is 0 Å². The lowest BCUT2D eigenvalue weighted by Crippen LogP contribution is -2.19. The highest BCUT2D eigenvalue weighted by atomic mass is 79.9. The average Bonchev–Trinajstić information content (AvgIpc) is 2.34. The van der Waals surface area contributed by atoms with Crippen molar-refractivity contribution in [2.75, 3.05) is 32.7 Å². The highest BCUT2D eigenvalue weighted by molar-refractivity contribution is 9.10. The smallest absolute Gasteiger partial charge is 0.110 e. The zero-order valence-electron chi connectivity index (χ0n) is 9.63. The van der Waals surface area contributed by atoms with E-state index >= 15 is 0 Å². The molecule has 1 atom stereocenters. The van der Waals surface area contributed by atoms with Crippen LogP contribution < -0.4 is 0 Å². The number of halogens is 1. The van der Waals surface area contributed by atoms with E-state index in [1.165, 1.54) is 11.8 Å². The first kappa shape index (κ1) is 14.9. The zero-order chi connectivity index (χ0) is 12.5. The van der Waals surface area contributed by atoms with E-state index in [-0.39, 0.29) is 0 Å². The largest absolute Gasteiger partial charge is 0.390 e. The molecular formula is C11H16BrNO3S. The van der Waals surface area contributed by atoms with E-state index in [1.54, 1.807) is 13.3 Å². The summed E-state index contributed by atoms with van der Waals surface area (Å²) >= 11 is 4.91. The molecule has 0 aliphatic heterocycles. The molecule has 0 bridgehead atoms. The first-order chi connectivity index (χ1) is 8.24. The van der Waals surface area contributed by atoms with Crippen LogP contribution in [0.25, 0.3) is 0 Å². The van der Waals surface area contributed by atoms with Crippen molar-refractivity contribution >= 4 is 27.7 Å². The Morgan fingerprint density at radius 1 is 1.53 bits per heavy atom. The van der Waals surface area contributed by atoms with Gasteiger partial charge in [-0.05, 0) is 28.1 Å². The van der Waals surface area contributed by atoms with Crippen LogP contribution in [0.3, 0.4) is 0 Å². The van der Waals surface area contributed by atoms with Crippen molar-refractivity contribution in [2.24, 2.45) is 0 Å². The Balaban J connectivity index is 2.19. The number of hydrogen-bond acceptors (Lipinski definition) is 5. The summed E-state index contributed by atoms with van der Waals surface area (Å²) in [6, 6.07) is 3.79. The van der Waals surface area contributed by atoms with Crippen molar-refractivity contribution in [3.05, 3.63) is 22.8 Å². The minimum Gasteiger partial charge on any atom is -0.390 e. The number of ether oxygens (including phenoxy) is 2. The molecule has 1 N–H and O–H groups in total. The molecule has 6 heteroatoms. The Morgan fingerprint density at radius 2 is 2.35 bits per heavy atom. The maximum absolute atomic E-state index is 9.67. The van der Waals surface area contributed by atoms with Gasteiger partial charge in [0.25, 0.3) is 0 Å². The minimum absolute atomic E-state index is 0.320. The minimum atomic E-state index is -0.495. The molecule has 0 amide bonds. The van der Waals surface area contributed by atoms with Crippen LogP contribution in [0.2, 0.25) is 0 Å². The van der Waals surface area contributed by atoms with Crippen LogP contribution in [-0.2, 0) is 9.47 Å². The monoisotopic (exact) mass is 321 g/mol. The van der Waals surface area contributed by atoms with Crippen LogP contribution in [0.5, 0.6) is 0 Å². The molecule has 0 saturated carbocycles. The fourth-order valence-corrected chi connectivity index (χ4v) is 2.45. The maximum atomic E-state index is 9.67. The van der Waals surface area contributed by atoms with Gasteiger partial charge in [0.1, 0.15) is 5.03 Å². The molecule has 0 aliphatic carbocycles. The van der Waals surface area contributed by atoms with Crippen LogP contribution in [0.4, 0.5) is 0 Å². The van der Waals surface area contributed by atoms with Crippen LogP contribution in [0.15, 0.2) is 27.8 Å². The molecule has 0 saturated heterocycles. The molecule has 96 valence electrons. The summed E-state index contributed by atoms with van der Waals surface area (Å²) in [4.78, 5) is 4.20. The van der Waals surface area contributed by atoms with Gasteiger partial charge < -0.3 is 14.6 Å². The van der Waals surface area contributed by atoms with Crippen molar-refractivity contribution in [3.63, 3.8) is 0 Å². The predicted molar refractivity (Wildman–Crippen MR) is 71.4 cm³/mol. The van der Waals surface area contributed by atoms with Gasteiger partial charge in [0.15, 0.2) is 0 Å². The number of rotatable bonds is 8. The van der Waals surface area contributed by atoms with Gasteiger partial charge in [0.2, 0.25) is 0 Å². The van der Waals surface area contributed by atoms with Gasteiger partial charge in [0, 0.05) is 23.5 Å². The zero-order valence-corrected chi connectivity index (χ0v) is 12.0. The summed E-state index contributed by atoms with van der Waals surface area (Å²) in [5.74, 6) is 0.558. The quantitative estimate of drug-likeness (QED) is 0.586. The van der Waals surface area contributed by atoms with E-state index in [0.717, 1.165) is 9.50 Å². The number of aliphatic hydroxyl groups is 1. The molecule has 17 heavy (non-hydrogen) atoms. The summed E-state index contributed by atoms with van der Waals surface area (Å²) < 4.78 is 11.0. The van der Waals surface area contributed by atoms with Crippen LogP contribution in [0, 0.1) is 0 Å². The second-order valence-electron chi connectivity index (χ2n) is 3.32. The molecule has 0 aromatic carbocycles. The van der Waals surface area contributed by atoms with E-state index < -0.39 is 6.10 Å². The Bertz CT molecular complexity index is 327. The van der Waals surface area contributed by atoms with Gasteiger partial charge in [-0.2, -0.15) is 0 Å². The lowest BCUT2D eigenvalue weighted by molar-refractivity contribution is 0.0218. The molecule has 1 heterocycles. The van der Waals surface area contributed by atoms with Crippen molar-refractivity contribution in [2.45, 2.75) is 11.1 Å². The standard InChI is InChI=1S/C11H16BrNO3S/c1-15-5-6-16-7-9(14)8-17-11-10(12)3-2-4-13-11/h2-4,9,14H,5-8H2,1H3. The first-order valence-corrected chi connectivity index (χ1v) is 7.00. The summed E-state index contributed by atoms with van der Waals surface area (Å²) in [5, 5.41) is 10.5. The second kappa shape index (κ2) is 8.88. The van der Waals surface area contributed by atoms with Gasteiger partial charge in [-0.15, -0.1) is 11.8 Å². The third-order valence-corrected chi connectivity index (χ3v) is 3.93. The van der Waals surface area contributed by atoms with E-state index in [0.29, 0.717) is 25.6 Å². The Kier molecular flexibility index (Phi) is 7.79. The van der Waals surface area contributed by atoms with Crippen molar-refractivity contribution in [1.82, 2.24) is 4.98 Å². The second-order valence-corrected chi connectivity index (χ2v) is 5.19. The fraction of sp³-hybridized carbons (Fsp3) is 0.545. The lowest BCUT2D eigenvalue weighted by atomic mass is 10.4. The molecule has 0 aliphatic rings. The number of aromatic nitrogens is 1. The SMILES string of the molecule is COCCOCC(O)CSc1ncccc1Br. The summed E-state index contributed by atoms with van der Waals surface area (Å²) in [6.07, 6.45) is 1.24. The number of aliphatic hydroxyl groups excluding tert-OH is 1.